The maximum atomic E-state index is 11.2. The number of hydrogen-bond donors (Lipinski definition) is 0. The highest BCUT2D eigenvalue weighted by Crippen LogP contribution is 2.35. The summed E-state index contributed by atoms with van der Waals surface area (Å²) in [4.78, 5) is 15.8. The Kier molecular flexibility index (Phi) is 6.54. The third kappa shape index (κ3) is 5.27. The summed E-state index contributed by atoms with van der Waals surface area (Å²) in [7, 11) is 1.95. The highest BCUT2D eigenvalue weighted by molar-refractivity contribution is 6.35. The predicted molar refractivity (Wildman–Crippen MR) is 116 cm³/mol. The van der Waals surface area contributed by atoms with Crippen LogP contribution < -0.4 is 9.47 Å². The summed E-state index contributed by atoms with van der Waals surface area (Å²) in [5.41, 5.74) is 1.67. The fourth-order valence-corrected chi connectivity index (χ4v) is 4.31. The van der Waals surface area contributed by atoms with Crippen LogP contribution in [-0.4, -0.2) is 40.3 Å². The van der Waals surface area contributed by atoms with E-state index in [-0.39, 0.29) is 23.9 Å². The monoisotopic (exact) mass is 434 g/mol. The summed E-state index contributed by atoms with van der Waals surface area (Å²) in [6.45, 7) is 4.34. The van der Waals surface area contributed by atoms with Gasteiger partial charge < -0.3 is 19.0 Å². The second kappa shape index (κ2) is 9.15. The van der Waals surface area contributed by atoms with Crippen LogP contribution in [0.4, 0.5) is 0 Å². The van der Waals surface area contributed by atoms with Gasteiger partial charge in [0, 0.05) is 32.2 Å². The van der Waals surface area contributed by atoms with E-state index >= 15 is 0 Å². The molecule has 0 N–H and O–H groups in total. The maximum Gasteiger partial charge on any atom is 0.297 e. The third-order valence-electron chi connectivity index (χ3n) is 5.85. The molecule has 2 aliphatic rings. The number of aromatic nitrogens is 2. The molecule has 0 spiro atoms. The van der Waals surface area contributed by atoms with E-state index in [0.29, 0.717) is 30.2 Å². The zero-order chi connectivity index (χ0) is 21.3. The summed E-state index contributed by atoms with van der Waals surface area (Å²) >= 11 is 6.46. The van der Waals surface area contributed by atoms with Crippen molar-refractivity contribution < 1.29 is 19.0 Å². The minimum atomic E-state index is 0.121. The Bertz CT molecular complexity index is 900. The first-order valence-electron chi connectivity index (χ1n) is 11.0. The number of benzene rings is 1. The molecule has 0 saturated heterocycles. The summed E-state index contributed by atoms with van der Waals surface area (Å²) in [5.74, 6) is 1.29. The van der Waals surface area contributed by atoms with Gasteiger partial charge in [0.2, 0.25) is 0 Å². The van der Waals surface area contributed by atoms with Gasteiger partial charge in [0.15, 0.2) is 0 Å². The summed E-state index contributed by atoms with van der Waals surface area (Å²) in [6, 6.07) is 4.43. The average molecular weight is 435 g/mol. The second-order valence-corrected chi connectivity index (χ2v) is 9.31. The van der Waals surface area contributed by atoms with Gasteiger partial charge in [0.25, 0.3) is 6.01 Å². The quantitative estimate of drug-likeness (QED) is 0.550. The number of imidazole rings is 1. The Morgan fingerprint density at radius 1 is 1.13 bits per heavy atom. The van der Waals surface area contributed by atoms with Gasteiger partial charge in [-0.15, -0.1) is 0 Å². The van der Waals surface area contributed by atoms with E-state index in [0.717, 1.165) is 55.3 Å². The molecule has 30 heavy (non-hydrogen) atoms. The van der Waals surface area contributed by atoms with Crippen molar-refractivity contribution in [2.24, 2.45) is 13.0 Å². The van der Waals surface area contributed by atoms with Crippen LogP contribution >= 0.6 is 11.6 Å². The van der Waals surface area contributed by atoms with Gasteiger partial charge in [0.1, 0.15) is 23.2 Å². The van der Waals surface area contributed by atoms with Gasteiger partial charge in [0.05, 0.1) is 22.7 Å². The summed E-state index contributed by atoms with van der Waals surface area (Å²) < 4.78 is 20.1. The number of carbonyl (C=O) groups excluding carboxylic acids is 1. The number of ether oxygens (including phenoxy) is 3. The number of ketones is 1. The lowest BCUT2D eigenvalue weighted by Crippen LogP contribution is -2.30. The molecule has 1 aromatic heterocycles. The lowest BCUT2D eigenvalue weighted by molar-refractivity contribution is -0.118. The van der Waals surface area contributed by atoms with Gasteiger partial charge in [-0.1, -0.05) is 18.5 Å². The molecule has 1 aromatic carbocycles. The molecule has 0 bridgehead atoms. The zero-order valence-corrected chi connectivity index (χ0v) is 18.8. The fraction of sp³-hybridized carbons (Fsp3) is 0.652. The summed E-state index contributed by atoms with van der Waals surface area (Å²) in [6.07, 6.45) is 7.27. The van der Waals surface area contributed by atoms with Gasteiger partial charge in [-0.05, 0) is 51.4 Å². The van der Waals surface area contributed by atoms with Crippen LogP contribution in [0, 0.1) is 5.92 Å². The number of rotatable bonds is 9. The van der Waals surface area contributed by atoms with Crippen LogP contribution in [0.3, 0.4) is 0 Å². The molecule has 0 amide bonds. The maximum absolute atomic E-state index is 11.2. The molecule has 1 heterocycles. The van der Waals surface area contributed by atoms with E-state index in [4.69, 9.17) is 25.8 Å². The highest BCUT2D eigenvalue weighted by atomic mass is 35.5. The van der Waals surface area contributed by atoms with Crippen molar-refractivity contribution in [1.82, 2.24) is 9.55 Å². The van der Waals surface area contributed by atoms with E-state index in [1.807, 2.05) is 23.7 Å². The number of carbonyl (C=O) groups is 1. The Labute approximate surface area is 182 Å². The van der Waals surface area contributed by atoms with Crippen molar-refractivity contribution in [2.45, 2.75) is 77.1 Å². The molecule has 0 unspecified atom stereocenters. The van der Waals surface area contributed by atoms with Crippen molar-refractivity contribution in [2.75, 3.05) is 6.61 Å². The molecule has 7 heteroatoms. The molecule has 164 valence electrons. The van der Waals surface area contributed by atoms with Crippen LogP contribution in [0.25, 0.3) is 11.0 Å². The Hall–Kier alpha value is -1.79. The van der Waals surface area contributed by atoms with Crippen LogP contribution in [0.2, 0.25) is 5.02 Å². The van der Waals surface area contributed by atoms with Crippen molar-refractivity contribution >= 4 is 28.4 Å². The molecule has 6 nitrogen and oxygen atoms in total. The number of halogens is 1. The SMILES string of the molecule is CC(=O)C[C@@H](C)COC1CCC(Oc2nc3c(Cl)cc(OC4CC4)cc3n2C)CC1. The number of nitrogens with zero attached hydrogens (tertiary/aromatic N) is 2. The first-order chi connectivity index (χ1) is 14.4. The van der Waals surface area contributed by atoms with Gasteiger partial charge >= 0.3 is 0 Å². The largest absolute Gasteiger partial charge is 0.490 e. The standard InChI is InChI=1S/C23H31ClN2O4/c1-14(10-15(2)27)13-28-16-4-6-18(7-5-16)30-23-25-22-20(24)11-19(29-17-8-9-17)12-21(22)26(23)3/h11-12,14,16-18H,4-10,13H2,1-3H3/t14-,16?,18?/m1/s1. The van der Waals surface area contributed by atoms with Crippen molar-refractivity contribution in [3.05, 3.63) is 17.2 Å². The fourth-order valence-electron chi connectivity index (χ4n) is 4.07. The number of fused-ring (bicyclic) bond motifs is 1. The van der Waals surface area contributed by atoms with E-state index in [9.17, 15) is 4.79 Å². The lowest BCUT2D eigenvalue weighted by atomic mass is 9.95. The Morgan fingerprint density at radius 3 is 2.43 bits per heavy atom. The molecule has 1 atom stereocenters. The first-order valence-corrected chi connectivity index (χ1v) is 11.4. The van der Waals surface area contributed by atoms with Crippen molar-refractivity contribution in [3.8, 4) is 11.8 Å². The minimum Gasteiger partial charge on any atom is -0.490 e. The smallest absolute Gasteiger partial charge is 0.297 e. The molecule has 4 rings (SSSR count). The van der Waals surface area contributed by atoms with E-state index in [1.54, 1.807) is 6.92 Å². The Morgan fingerprint density at radius 2 is 1.77 bits per heavy atom. The van der Waals surface area contributed by atoms with E-state index < -0.39 is 0 Å². The predicted octanol–water partition coefficient (Wildman–Crippen LogP) is 5.09. The van der Waals surface area contributed by atoms with Gasteiger partial charge in [-0.3, -0.25) is 4.57 Å². The second-order valence-electron chi connectivity index (χ2n) is 8.90. The van der Waals surface area contributed by atoms with Crippen LogP contribution in [-0.2, 0) is 16.6 Å². The molecular weight excluding hydrogens is 404 g/mol. The molecule has 2 aromatic rings. The van der Waals surface area contributed by atoms with Gasteiger partial charge in [-0.25, -0.2) is 0 Å². The van der Waals surface area contributed by atoms with Crippen LogP contribution in [0.15, 0.2) is 12.1 Å². The molecule has 0 aliphatic heterocycles. The molecule has 2 aliphatic carbocycles. The molecule has 2 saturated carbocycles. The molecular formula is C23H31ClN2O4. The average Bonchev–Trinajstić information content (AvgIpc) is 3.45. The highest BCUT2D eigenvalue weighted by Gasteiger charge is 2.27. The van der Waals surface area contributed by atoms with Crippen molar-refractivity contribution in [3.63, 3.8) is 0 Å². The normalized spacial score (nSPS) is 22.8. The topological polar surface area (TPSA) is 62.6 Å². The zero-order valence-electron chi connectivity index (χ0n) is 18.0. The van der Waals surface area contributed by atoms with Crippen LogP contribution in [0.1, 0.15) is 58.8 Å². The van der Waals surface area contributed by atoms with Crippen LogP contribution in [0.5, 0.6) is 11.8 Å². The number of hydrogen-bond acceptors (Lipinski definition) is 5. The third-order valence-corrected chi connectivity index (χ3v) is 6.13. The van der Waals surface area contributed by atoms with E-state index in [2.05, 4.69) is 11.9 Å². The number of Topliss-reactive ketones (excluding diaryl/α,β-unsaturated/α-hetero) is 1. The lowest BCUT2D eigenvalue weighted by Gasteiger charge is -2.29. The van der Waals surface area contributed by atoms with E-state index in [1.165, 1.54) is 0 Å². The minimum absolute atomic E-state index is 0.121. The number of aryl methyl sites for hydroxylation is 1. The van der Waals surface area contributed by atoms with Gasteiger partial charge in [-0.2, -0.15) is 4.98 Å². The Balaban J connectivity index is 1.33. The molecule has 2 fully saturated rings. The van der Waals surface area contributed by atoms with Crippen molar-refractivity contribution in [1.29, 1.82) is 0 Å². The molecule has 0 radical (unpaired) electrons. The summed E-state index contributed by atoms with van der Waals surface area (Å²) in [5, 5.41) is 0.588. The first kappa shape index (κ1) is 21.4.